The normalized spacial score (nSPS) is 17.8. The van der Waals surface area contributed by atoms with Crippen molar-refractivity contribution in [2.45, 2.75) is 45.1 Å². The smallest absolute Gasteiger partial charge is 0.253 e. The molecule has 1 aromatic rings. The van der Waals surface area contributed by atoms with Gasteiger partial charge >= 0.3 is 0 Å². The number of carbonyl (C=O) groups excluding carboxylic acids is 1. The van der Waals surface area contributed by atoms with Gasteiger partial charge in [0, 0.05) is 12.3 Å². The lowest BCUT2D eigenvalue weighted by atomic mass is 9.82. The predicted molar refractivity (Wildman–Crippen MR) is 88.2 cm³/mol. The van der Waals surface area contributed by atoms with Gasteiger partial charge in [0.25, 0.3) is 5.91 Å². The van der Waals surface area contributed by atoms with E-state index < -0.39 is 0 Å². The molecule has 5 heteroatoms. The van der Waals surface area contributed by atoms with Crippen LogP contribution in [0.2, 0.25) is 0 Å². The number of aromatic nitrogens is 1. The number of nitrogens with one attached hydrogen (secondary N) is 2. The van der Waals surface area contributed by atoms with Crippen LogP contribution in [-0.4, -0.2) is 23.7 Å². The van der Waals surface area contributed by atoms with Crippen molar-refractivity contribution in [3.05, 3.63) is 46.0 Å². The molecule has 0 bridgehead atoms. The lowest BCUT2D eigenvalue weighted by Gasteiger charge is -2.31. The number of hydrogen-bond acceptors (Lipinski definition) is 3. The maximum Gasteiger partial charge on any atom is 0.253 e. The number of allylic oxidation sites excluding steroid dienone is 1. The Labute approximate surface area is 130 Å². The van der Waals surface area contributed by atoms with Crippen LogP contribution in [-0.2, 0) is 0 Å². The van der Waals surface area contributed by atoms with E-state index in [1.54, 1.807) is 0 Å². The second-order valence-corrected chi connectivity index (χ2v) is 5.66. The average Bonchev–Trinajstić information content (AvgIpc) is 2.56. The van der Waals surface area contributed by atoms with E-state index in [4.69, 9.17) is 0 Å². The monoisotopic (exact) mass is 301 g/mol. The van der Waals surface area contributed by atoms with Crippen molar-refractivity contribution in [3.8, 4) is 0 Å². The Hall–Kier alpha value is -2.17. The number of hydrogen-bond donors (Lipinski definition) is 2. The van der Waals surface area contributed by atoms with Crippen LogP contribution in [0, 0.1) is 5.92 Å². The van der Waals surface area contributed by atoms with Crippen molar-refractivity contribution >= 4 is 12.6 Å². The molecule has 2 rings (SSSR count). The molecule has 1 aliphatic carbocycles. The van der Waals surface area contributed by atoms with Crippen LogP contribution in [0.3, 0.4) is 0 Å². The van der Waals surface area contributed by atoms with Crippen molar-refractivity contribution in [1.82, 2.24) is 10.3 Å². The second kappa shape index (κ2) is 7.73. The lowest BCUT2D eigenvalue weighted by Crippen LogP contribution is -2.42. The van der Waals surface area contributed by atoms with Crippen molar-refractivity contribution in [1.29, 1.82) is 0 Å². The highest BCUT2D eigenvalue weighted by atomic mass is 16.2. The van der Waals surface area contributed by atoms with Gasteiger partial charge < -0.3 is 10.3 Å². The Balaban J connectivity index is 2.17. The molecule has 0 radical (unpaired) electrons. The minimum Gasteiger partial charge on any atom is -0.343 e. The highest BCUT2D eigenvalue weighted by Crippen LogP contribution is 2.30. The van der Waals surface area contributed by atoms with E-state index in [-0.39, 0.29) is 17.5 Å². The Morgan fingerprint density at radius 3 is 2.68 bits per heavy atom. The van der Waals surface area contributed by atoms with Gasteiger partial charge in [-0.15, -0.1) is 0 Å². The molecule has 1 fully saturated rings. The number of rotatable bonds is 5. The zero-order valence-corrected chi connectivity index (χ0v) is 13.0. The fourth-order valence-corrected chi connectivity index (χ4v) is 3.05. The van der Waals surface area contributed by atoms with Crippen LogP contribution in [0.4, 0.5) is 0 Å². The number of H-pyrrole nitrogens is 1. The summed E-state index contributed by atoms with van der Waals surface area (Å²) < 4.78 is 0. The molecule has 1 atom stereocenters. The number of amides is 1. The van der Waals surface area contributed by atoms with Crippen molar-refractivity contribution in [3.63, 3.8) is 0 Å². The first-order valence-electron chi connectivity index (χ1n) is 7.78. The summed E-state index contributed by atoms with van der Waals surface area (Å²) in [5.74, 6) is 0.187. The highest BCUT2D eigenvalue weighted by molar-refractivity contribution is 5.94. The summed E-state index contributed by atoms with van der Waals surface area (Å²) >= 11 is 0. The fourth-order valence-electron chi connectivity index (χ4n) is 3.05. The molecule has 1 heterocycles. The Bertz CT molecular complexity index is 592. The van der Waals surface area contributed by atoms with E-state index in [1.807, 2.05) is 13.0 Å². The standard InChI is InChI=1S/C17H23N3O2/c1-3-14(18-2)16(12-7-5-4-6-8-12)20-17(22)13-9-10-15(21)19-11-13/h3,9-12,16H,2,4-8H2,1H3,(H,19,21)(H,20,22). The van der Waals surface area contributed by atoms with E-state index in [0.717, 1.165) is 18.5 Å². The van der Waals surface area contributed by atoms with E-state index in [9.17, 15) is 9.59 Å². The molecule has 1 saturated carbocycles. The molecular formula is C17H23N3O2. The Morgan fingerprint density at radius 2 is 2.14 bits per heavy atom. The third-order valence-electron chi connectivity index (χ3n) is 4.25. The molecule has 5 nitrogen and oxygen atoms in total. The molecule has 0 saturated heterocycles. The molecule has 118 valence electrons. The summed E-state index contributed by atoms with van der Waals surface area (Å²) in [7, 11) is 0. The van der Waals surface area contributed by atoms with Gasteiger partial charge in [-0.2, -0.15) is 0 Å². The summed E-state index contributed by atoms with van der Waals surface area (Å²) in [5.41, 5.74) is 1.03. The largest absolute Gasteiger partial charge is 0.343 e. The maximum absolute atomic E-state index is 12.4. The van der Waals surface area contributed by atoms with E-state index in [0.29, 0.717) is 11.5 Å². The first-order chi connectivity index (χ1) is 10.7. The maximum atomic E-state index is 12.4. The van der Waals surface area contributed by atoms with Crippen LogP contribution in [0.5, 0.6) is 0 Å². The molecule has 1 aromatic heterocycles. The van der Waals surface area contributed by atoms with Crippen LogP contribution in [0.25, 0.3) is 0 Å². The van der Waals surface area contributed by atoms with Crippen LogP contribution < -0.4 is 10.9 Å². The molecule has 0 aliphatic heterocycles. The molecule has 0 spiro atoms. The van der Waals surface area contributed by atoms with E-state index >= 15 is 0 Å². The molecule has 1 unspecified atom stereocenters. The number of pyridine rings is 1. The third-order valence-corrected chi connectivity index (χ3v) is 4.25. The van der Waals surface area contributed by atoms with Crippen LogP contribution in [0.15, 0.2) is 39.9 Å². The third kappa shape index (κ3) is 3.93. The first-order valence-corrected chi connectivity index (χ1v) is 7.78. The number of aliphatic imine (C=N–C) groups is 1. The minimum atomic E-state index is -0.220. The van der Waals surface area contributed by atoms with Gasteiger partial charge in [-0.1, -0.05) is 25.3 Å². The molecular weight excluding hydrogens is 278 g/mol. The predicted octanol–water partition coefficient (Wildman–Crippen LogP) is 2.66. The van der Waals surface area contributed by atoms with Crippen molar-refractivity contribution < 1.29 is 4.79 Å². The SMILES string of the molecule is C=NC(=CC)C(NC(=O)c1ccc(=O)[nH]c1)C1CCCCC1. The summed E-state index contributed by atoms with van der Waals surface area (Å²) in [4.78, 5) is 30.1. The van der Waals surface area contributed by atoms with Gasteiger partial charge in [-0.3, -0.25) is 14.6 Å². The topological polar surface area (TPSA) is 74.3 Å². The minimum absolute atomic E-state index is 0.123. The lowest BCUT2D eigenvalue weighted by molar-refractivity contribution is 0.0923. The van der Waals surface area contributed by atoms with Gasteiger partial charge in [0.15, 0.2) is 0 Å². The van der Waals surface area contributed by atoms with Crippen LogP contribution >= 0.6 is 0 Å². The summed E-state index contributed by atoms with van der Waals surface area (Å²) in [6.07, 6.45) is 9.13. The summed E-state index contributed by atoms with van der Waals surface area (Å²) in [5, 5.41) is 3.06. The fraction of sp³-hybridized carbons (Fsp3) is 0.471. The van der Waals surface area contributed by atoms with Gasteiger partial charge in [-0.05, 0) is 38.5 Å². The number of aromatic amines is 1. The number of nitrogens with zero attached hydrogens (tertiary/aromatic N) is 1. The second-order valence-electron chi connectivity index (χ2n) is 5.66. The van der Waals surface area contributed by atoms with E-state index in [2.05, 4.69) is 22.0 Å². The Kier molecular flexibility index (Phi) is 5.69. The van der Waals surface area contributed by atoms with Gasteiger partial charge in [-0.25, -0.2) is 0 Å². The van der Waals surface area contributed by atoms with Crippen LogP contribution in [0.1, 0.15) is 49.4 Å². The van der Waals surface area contributed by atoms with Gasteiger partial charge in [0.2, 0.25) is 5.56 Å². The molecule has 22 heavy (non-hydrogen) atoms. The average molecular weight is 301 g/mol. The summed E-state index contributed by atoms with van der Waals surface area (Å²) in [6, 6.07) is 2.76. The molecule has 1 aliphatic rings. The van der Waals surface area contributed by atoms with E-state index in [1.165, 1.54) is 37.6 Å². The molecule has 1 amide bonds. The number of carbonyl (C=O) groups is 1. The molecule has 0 aromatic carbocycles. The Morgan fingerprint density at radius 1 is 1.41 bits per heavy atom. The highest BCUT2D eigenvalue weighted by Gasteiger charge is 2.28. The zero-order chi connectivity index (χ0) is 15.9. The zero-order valence-electron chi connectivity index (χ0n) is 13.0. The van der Waals surface area contributed by atoms with Gasteiger partial charge in [0.1, 0.15) is 0 Å². The first kappa shape index (κ1) is 16.2. The van der Waals surface area contributed by atoms with Crippen molar-refractivity contribution in [2.75, 3.05) is 0 Å². The molecule has 2 N–H and O–H groups in total. The van der Waals surface area contributed by atoms with Crippen molar-refractivity contribution in [2.24, 2.45) is 10.9 Å². The van der Waals surface area contributed by atoms with Gasteiger partial charge in [0.05, 0.1) is 17.3 Å². The quantitative estimate of drug-likeness (QED) is 0.820. The summed E-state index contributed by atoms with van der Waals surface area (Å²) in [6.45, 7) is 5.53.